The van der Waals surface area contributed by atoms with E-state index >= 15 is 0 Å². The lowest BCUT2D eigenvalue weighted by atomic mass is 10.2. The first-order chi connectivity index (χ1) is 12.4. The largest absolute Gasteiger partial charge is 0.460 e. The quantitative estimate of drug-likeness (QED) is 0.499. The standard InChI is InChI=1S/C17H15N3O4S2/c1-12-4-9-15(24-12)11-18-19-17(21)13-5-7-14(8-6-13)20-26(22,23)16-3-2-10-25-16/h2-11,20H,1H3,(H,19,21)/b18-11+. The molecule has 0 radical (unpaired) electrons. The predicted octanol–water partition coefficient (Wildman–Crippen LogP) is 3.21. The molecule has 0 atom stereocenters. The zero-order valence-corrected chi connectivity index (χ0v) is 15.3. The van der Waals surface area contributed by atoms with Gasteiger partial charge in [0.05, 0.1) is 6.21 Å². The summed E-state index contributed by atoms with van der Waals surface area (Å²) in [4.78, 5) is 12.0. The fraction of sp³-hybridized carbons (Fsp3) is 0.0588. The molecule has 26 heavy (non-hydrogen) atoms. The zero-order chi connectivity index (χ0) is 18.6. The third-order valence-electron chi connectivity index (χ3n) is 3.28. The van der Waals surface area contributed by atoms with Crippen LogP contribution in [0.4, 0.5) is 5.69 Å². The maximum atomic E-state index is 12.2. The number of rotatable bonds is 6. The lowest BCUT2D eigenvalue weighted by Crippen LogP contribution is -2.17. The summed E-state index contributed by atoms with van der Waals surface area (Å²) in [5.74, 6) is 0.858. The van der Waals surface area contributed by atoms with Gasteiger partial charge < -0.3 is 4.42 Å². The number of carbonyl (C=O) groups excluding carboxylic acids is 1. The summed E-state index contributed by atoms with van der Waals surface area (Å²) >= 11 is 1.13. The molecule has 2 N–H and O–H groups in total. The fourth-order valence-electron chi connectivity index (χ4n) is 2.05. The number of carbonyl (C=O) groups is 1. The van der Waals surface area contributed by atoms with E-state index in [4.69, 9.17) is 4.42 Å². The maximum Gasteiger partial charge on any atom is 0.271 e. The minimum atomic E-state index is -3.61. The Morgan fingerprint density at radius 2 is 1.92 bits per heavy atom. The molecule has 0 bridgehead atoms. The molecule has 3 rings (SSSR count). The molecule has 0 fully saturated rings. The summed E-state index contributed by atoms with van der Waals surface area (Å²) in [5, 5.41) is 5.51. The van der Waals surface area contributed by atoms with E-state index in [0.717, 1.165) is 17.1 Å². The van der Waals surface area contributed by atoms with E-state index in [0.29, 0.717) is 17.0 Å². The van der Waals surface area contributed by atoms with Crippen LogP contribution in [0.15, 0.2) is 67.6 Å². The van der Waals surface area contributed by atoms with E-state index in [1.807, 2.05) is 6.92 Å². The molecular weight excluding hydrogens is 374 g/mol. The van der Waals surface area contributed by atoms with Gasteiger partial charge in [0, 0.05) is 11.3 Å². The van der Waals surface area contributed by atoms with E-state index in [1.165, 1.54) is 36.5 Å². The number of nitrogens with one attached hydrogen (secondary N) is 2. The summed E-state index contributed by atoms with van der Waals surface area (Å²) in [6.45, 7) is 1.81. The highest BCUT2D eigenvalue weighted by Crippen LogP contribution is 2.20. The van der Waals surface area contributed by atoms with Gasteiger partial charge in [0.25, 0.3) is 15.9 Å². The van der Waals surface area contributed by atoms with Crippen molar-refractivity contribution < 1.29 is 17.6 Å². The van der Waals surface area contributed by atoms with Gasteiger partial charge in [0.2, 0.25) is 0 Å². The Morgan fingerprint density at radius 1 is 1.15 bits per heavy atom. The molecule has 3 aromatic rings. The van der Waals surface area contributed by atoms with Crippen molar-refractivity contribution in [3.8, 4) is 0 Å². The van der Waals surface area contributed by atoms with Crippen LogP contribution in [0, 0.1) is 6.92 Å². The SMILES string of the molecule is Cc1ccc(/C=N/NC(=O)c2ccc(NS(=O)(=O)c3cccs3)cc2)o1. The summed E-state index contributed by atoms with van der Waals surface area (Å²) < 4.78 is 32.3. The van der Waals surface area contributed by atoms with Crippen molar-refractivity contribution in [1.29, 1.82) is 0 Å². The van der Waals surface area contributed by atoms with E-state index in [-0.39, 0.29) is 4.21 Å². The van der Waals surface area contributed by atoms with Crippen LogP contribution in [0.1, 0.15) is 21.9 Å². The smallest absolute Gasteiger partial charge is 0.271 e. The highest BCUT2D eigenvalue weighted by molar-refractivity contribution is 7.94. The molecule has 134 valence electrons. The van der Waals surface area contributed by atoms with Crippen LogP contribution in [0.2, 0.25) is 0 Å². The zero-order valence-electron chi connectivity index (χ0n) is 13.7. The van der Waals surface area contributed by atoms with Crippen molar-refractivity contribution in [1.82, 2.24) is 5.43 Å². The number of hydrogen-bond donors (Lipinski definition) is 2. The first-order valence-corrected chi connectivity index (χ1v) is 9.86. The van der Waals surface area contributed by atoms with Crippen LogP contribution in [-0.4, -0.2) is 20.5 Å². The Balaban J connectivity index is 1.62. The van der Waals surface area contributed by atoms with Crippen LogP contribution in [0.5, 0.6) is 0 Å². The topological polar surface area (TPSA) is 101 Å². The van der Waals surface area contributed by atoms with E-state index in [1.54, 1.807) is 23.6 Å². The van der Waals surface area contributed by atoms with E-state index < -0.39 is 15.9 Å². The molecule has 1 amide bonds. The minimum Gasteiger partial charge on any atom is -0.460 e. The molecule has 2 heterocycles. The first kappa shape index (κ1) is 17.9. The molecule has 0 aliphatic carbocycles. The predicted molar refractivity (Wildman–Crippen MR) is 100 cm³/mol. The monoisotopic (exact) mass is 389 g/mol. The Morgan fingerprint density at radius 3 is 2.54 bits per heavy atom. The van der Waals surface area contributed by atoms with Crippen molar-refractivity contribution >= 4 is 39.2 Å². The third-order valence-corrected chi connectivity index (χ3v) is 6.06. The summed E-state index contributed by atoms with van der Waals surface area (Å²) in [6.07, 6.45) is 1.40. The minimum absolute atomic E-state index is 0.224. The van der Waals surface area contributed by atoms with Crippen molar-refractivity contribution in [3.63, 3.8) is 0 Å². The Labute approximate surface area is 154 Å². The van der Waals surface area contributed by atoms with Crippen LogP contribution in [-0.2, 0) is 10.0 Å². The summed E-state index contributed by atoms with van der Waals surface area (Å²) in [7, 11) is -3.61. The van der Waals surface area contributed by atoms with Gasteiger partial charge in [0.15, 0.2) is 0 Å². The molecule has 2 aromatic heterocycles. The van der Waals surface area contributed by atoms with Crippen molar-refractivity contribution in [3.05, 3.63) is 71.0 Å². The first-order valence-electron chi connectivity index (χ1n) is 7.50. The number of sulfonamides is 1. The summed E-state index contributed by atoms with van der Waals surface area (Å²) in [5.41, 5.74) is 3.09. The molecule has 9 heteroatoms. The number of thiophene rings is 1. The van der Waals surface area contributed by atoms with Gasteiger partial charge in [-0.2, -0.15) is 5.10 Å². The maximum absolute atomic E-state index is 12.2. The lowest BCUT2D eigenvalue weighted by molar-refractivity contribution is 0.0955. The Bertz CT molecular complexity index is 1020. The van der Waals surface area contributed by atoms with Gasteiger partial charge in [-0.15, -0.1) is 11.3 Å². The highest BCUT2D eigenvalue weighted by atomic mass is 32.2. The number of aryl methyl sites for hydroxylation is 1. The number of hydrogen-bond acceptors (Lipinski definition) is 6. The molecule has 0 aliphatic heterocycles. The van der Waals surface area contributed by atoms with Gasteiger partial charge >= 0.3 is 0 Å². The number of anilines is 1. The van der Waals surface area contributed by atoms with Gasteiger partial charge in [-0.05, 0) is 54.8 Å². The second-order valence-corrected chi connectivity index (χ2v) is 8.12. The van der Waals surface area contributed by atoms with Crippen molar-refractivity contribution in [2.75, 3.05) is 4.72 Å². The number of hydrazone groups is 1. The molecule has 1 aromatic carbocycles. The van der Waals surface area contributed by atoms with Crippen LogP contribution in [0.3, 0.4) is 0 Å². The van der Waals surface area contributed by atoms with Crippen LogP contribution in [0.25, 0.3) is 0 Å². The number of amides is 1. The molecule has 0 spiro atoms. The number of furan rings is 1. The molecular formula is C17H15N3O4S2. The molecule has 0 saturated heterocycles. The molecule has 0 aliphatic rings. The van der Waals surface area contributed by atoms with Gasteiger partial charge in [-0.1, -0.05) is 6.07 Å². The Hall–Kier alpha value is -2.91. The second kappa shape index (κ2) is 7.54. The summed E-state index contributed by atoms with van der Waals surface area (Å²) in [6, 6.07) is 12.8. The molecule has 7 nitrogen and oxygen atoms in total. The van der Waals surface area contributed by atoms with Gasteiger partial charge in [0.1, 0.15) is 15.7 Å². The van der Waals surface area contributed by atoms with Crippen LogP contribution < -0.4 is 10.1 Å². The highest BCUT2D eigenvalue weighted by Gasteiger charge is 2.15. The second-order valence-electron chi connectivity index (χ2n) is 5.26. The van der Waals surface area contributed by atoms with Crippen LogP contribution >= 0.6 is 11.3 Å². The van der Waals surface area contributed by atoms with Gasteiger partial charge in [-0.25, -0.2) is 13.8 Å². The molecule has 0 saturated carbocycles. The van der Waals surface area contributed by atoms with E-state index in [9.17, 15) is 13.2 Å². The van der Waals surface area contributed by atoms with Gasteiger partial charge in [-0.3, -0.25) is 9.52 Å². The lowest BCUT2D eigenvalue weighted by Gasteiger charge is -2.07. The average Bonchev–Trinajstić information content (AvgIpc) is 3.27. The van der Waals surface area contributed by atoms with Crippen molar-refractivity contribution in [2.45, 2.75) is 11.1 Å². The van der Waals surface area contributed by atoms with E-state index in [2.05, 4.69) is 15.2 Å². The fourth-order valence-corrected chi connectivity index (χ4v) is 4.10. The number of benzene rings is 1. The Kier molecular flexibility index (Phi) is 5.19. The van der Waals surface area contributed by atoms with Crippen molar-refractivity contribution in [2.24, 2.45) is 5.10 Å². The molecule has 0 unspecified atom stereocenters. The average molecular weight is 389 g/mol. The third kappa shape index (κ3) is 4.38. The number of nitrogens with zero attached hydrogens (tertiary/aromatic N) is 1. The normalized spacial score (nSPS) is 11.6.